The number of ether oxygens (including phenoxy) is 1. The van der Waals surface area contributed by atoms with Crippen LogP contribution in [-0.2, 0) is 4.74 Å². The molecule has 0 spiro atoms. The molecule has 0 radical (unpaired) electrons. The van der Waals surface area contributed by atoms with Gasteiger partial charge in [-0.05, 0) is 56.2 Å². The summed E-state index contributed by atoms with van der Waals surface area (Å²) in [6.07, 6.45) is 7.02. The average Bonchev–Trinajstić information content (AvgIpc) is 2.69. The second-order valence-electron chi connectivity index (χ2n) is 6.43. The van der Waals surface area contributed by atoms with Gasteiger partial charge in [-0.15, -0.1) is 0 Å². The highest BCUT2D eigenvalue weighted by molar-refractivity contribution is 7.99. The largest absolute Gasteiger partial charge is 0.383 e. The van der Waals surface area contributed by atoms with Gasteiger partial charge in [0, 0.05) is 44.7 Å². The van der Waals surface area contributed by atoms with E-state index >= 15 is 0 Å². The van der Waals surface area contributed by atoms with Gasteiger partial charge >= 0.3 is 0 Å². The van der Waals surface area contributed by atoms with E-state index in [0.29, 0.717) is 35.4 Å². The average molecular weight is 420 g/mol. The van der Waals surface area contributed by atoms with Gasteiger partial charge in [0.25, 0.3) is 0 Å². The zero-order valence-electron chi connectivity index (χ0n) is 16.1. The Kier molecular flexibility index (Phi) is 7.75. The monoisotopic (exact) mass is 419 g/mol. The minimum atomic E-state index is 0.439. The molecule has 0 saturated carbocycles. The lowest BCUT2D eigenvalue weighted by atomic mass is 10.0. The molecule has 0 bridgehead atoms. The van der Waals surface area contributed by atoms with Crippen molar-refractivity contribution in [3.8, 4) is 0 Å². The van der Waals surface area contributed by atoms with Crippen molar-refractivity contribution in [2.24, 2.45) is 0 Å². The number of nitrogens with zero attached hydrogens (tertiary/aromatic N) is 5. The first-order valence-electron chi connectivity index (χ1n) is 9.30. The molecule has 1 fully saturated rings. The van der Waals surface area contributed by atoms with E-state index in [2.05, 4.69) is 37.4 Å². The van der Waals surface area contributed by atoms with Crippen LogP contribution < -0.4 is 15.5 Å². The molecular formula is C18H25N7OS2. The minimum Gasteiger partial charge on any atom is -0.383 e. The Morgan fingerprint density at radius 3 is 2.89 bits per heavy atom. The molecule has 2 aromatic heterocycles. The predicted molar refractivity (Wildman–Crippen MR) is 115 cm³/mol. The smallest absolute Gasteiger partial charge is 0.232 e. The quantitative estimate of drug-likeness (QED) is 0.302. The van der Waals surface area contributed by atoms with Crippen LogP contribution in [0.25, 0.3) is 0 Å². The maximum Gasteiger partial charge on any atom is 0.232 e. The van der Waals surface area contributed by atoms with Crippen molar-refractivity contribution in [2.45, 2.75) is 42.4 Å². The number of rotatable bonds is 7. The molecular weight excluding hydrogens is 394 g/mol. The second kappa shape index (κ2) is 10.5. The van der Waals surface area contributed by atoms with Crippen LogP contribution in [0.5, 0.6) is 0 Å². The van der Waals surface area contributed by atoms with Crippen LogP contribution in [0.3, 0.4) is 0 Å². The Hall–Kier alpha value is -2.04. The molecule has 1 aliphatic heterocycles. The first-order valence-corrected chi connectivity index (χ1v) is 10.5. The van der Waals surface area contributed by atoms with Crippen molar-refractivity contribution in [2.75, 3.05) is 37.0 Å². The summed E-state index contributed by atoms with van der Waals surface area (Å²) in [5.41, 5.74) is 0. The Labute approximate surface area is 174 Å². The highest BCUT2D eigenvalue weighted by Crippen LogP contribution is 2.29. The number of piperidine rings is 1. The molecule has 150 valence electrons. The summed E-state index contributed by atoms with van der Waals surface area (Å²) in [6.45, 7) is 4.41. The van der Waals surface area contributed by atoms with Crippen LogP contribution in [0.2, 0.25) is 0 Å². The normalized spacial score (nSPS) is 16.6. The summed E-state index contributed by atoms with van der Waals surface area (Å²) >= 11 is 6.75. The number of methoxy groups -OCH3 is 1. The standard InChI is InChI=1S/C18H25N7OS2/c1-13-6-3-4-10-25(13)14-12-15(28-18-20-7-5-8-21-18)23-16(22-14)24-17(27)19-9-11-26-2/h5,7-8,12-13H,3-4,6,9-11H2,1-2H3,(H2,19,22,23,24,27). The highest BCUT2D eigenvalue weighted by Gasteiger charge is 2.21. The van der Waals surface area contributed by atoms with Gasteiger partial charge in [0.15, 0.2) is 10.3 Å². The van der Waals surface area contributed by atoms with Crippen molar-refractivity contribution in [3.05, 3.63) is 24.5 Å². The van der Waals surface area contributed by atoms with Gasteiger partial charge in [-0.2, -0.15) is 4.98 Å². The molecule has 0 aliphatic carbocycles. The lowest BCUT2D eigenvalue weighted by Crippen LogP contribution is -2.38. The van der Waals surface area contributed by atoms with Crippen LogP contribution >= 0.6 is 24.0 Å². The summed E-state index contributed by atoms with van der Waals surface area (Å²) in [5, 5.41) is 8.05. The van der Waals surface area contributed by atoms with Gasteiger partial charge in [-0.1, -0.05) is 0 Å². The fourth-order valence-electron chi connectivity index (χ4n) is 2.95. The highest BCUT2D eigenvalue weighted by atomic mass is 32.2. The molecule has 28 heavy (non-hydrogen) atoms. The van der Waals surface area contributed by atoms with Crippen molar-refractivity contribution < 1.29 is 4.74 Å². The van der Waals surface area contributed by atoms with Crippen LogP contribution in [-0.4, -0.2) is 57.9 Å². The van der Waals surface area contributed by atoms with E-state index in [9.17, 15) is 0 Å². The molecule has 0 aromatic carbocycles. The second-order valence-corrected chi connectivity index (χ2v) is 7.83. The van der Waals surface area contributed by atoms with E-state index in [-0.39, 0.29) is 0 Å². The van der Waals surface area contributed by atoms with E-state index in [1.54, 1.807) is 25.6 Å². The number of anilines is 2. The fraction of sp³-hybridized carbons (Fsp3) is 0.500. The van der Waals surface area contributed by atoms with E-state index in [1.165, 1.54) is 24.6 Å². The molecule has 1 aliphatic rings. The number of hydrogen-bond donors (Lipinski definition) is 2. The lowest BCUT2D eigenvalue weighted by Gasteiger charge is -2.34. The van der Waals surface area contributed by atoms with Crippen molar-refractivity contribution in [1.82, 2.24) is 25.3 Å². The third-order valence-electron chi connectivity index (χ3n) is 4.34. The summed E-state index contributed by atoms with van der Waals surface area (Å²) < 4.78 is 5.03. The molecule has 10 heteroatoms. The molecule has 3 heterocycles. The minimum absolute atomic E-state index is 0.439. The summed E-state index contributed by atoms with van der Waals surface area (Å²) in [4.78, 5) is 20.2. The Morgan fingerprint density at radius 1 is 1.32 bits per heavy atom. The van der Waals surface area contributed by atoms with Crippen LogP contribution in [0.1, 0.15) is 26.2 Å². The molecule has 0 amide bonds. The van der Waals surface area contributed by atoms with Gasteiger partial charge in [0.05, 0.1) is 6.61 Å². The fourth-order valence-corrected chi connectivity index (χ4v) is 3.85. The molecule has 1 atom stereocenters. The molecule has 2 N–H and O–H groups in total. The van der Waals surface area contributed by atoms with Gasteiger partial charge in [0.1, 0.15) is 10.8 Å². The number of thiocarbonyl (C=S) groups is 1. The third kappa shape index (κ3) is 5.98. The summed E-state index contributed by atoms with van der Waals surface area (Å²) in [5.74, 6) is 1.35. The van der Waals surface area contributed by atoms with Crippen molar-refractivity contribution in [3.63, 3.8) is 0 Å². The van der Waals surface area contributed by atoms with E-state index in [4.69, 9.17) is 21.9 Å². The summed E-state index contributed by atoms with van der Waals surface area (Å²) in [6, 6.07) is 4.23. The number of nitrogens with one attached hydrogen (secondary N) is 2. The zero-order valence-corrected chi connectivity index (χ0v) is 17.7. The van der Waals surface area contributed by atoms with Crippen LogP contribution in [0.15, 0.2) is 34.7 Å². The summed E-state index contributed by atoms with van der Waals surface area (Å²) in [7, 11) is 1.65. The molecule has 3 rings (SSSR count). The maximum atomic E-state index is 5.34. The van der Waals surface area contributed by atoms with E-state index in [0.717, 1.165) is 23.8 Å². The SMILES string of the molecule is COCCNC(=S)Nc1nc(Sc2ncccn2)cc(N2CCCCC2C)n1. The Morgan fingerprint density at radius 2 is 2.14 bits per heavy atom. The van der Waals surface area contributed by atoms with Gasteiger partial charge in [-0.3, -0.25) is 0 Å². The first kappa shape index (κ1) is 20.7. The van der Waals surface area contributed by atoms with Crippen molar-refractivity contribution in [1.29, 1.82) is 0 Å². The number of aromatic nitrogens is 4. The van der Waals surface area contributed by atoms with Gasteiger partial charge < -0.3 is 20.3 Å². The Balaban J connectivity index is 1.81. The van der Waals surface area contributed by atoms with E-state index in [1.807, 2.05) is 6.07 Å². The van der Waals surface area contributed by atoms with Crippen LogP contribution in [0.4, 0.5) is 11.8 Å². The van der Waals surface area contributed by atoms with Crippen LogP contribution in [0, 0.1) is 0 Å². The van der Waals surface area contributed by atoms with E-state index < -0.39 is 0 Å². The van der Waals surface area contributed by atoms with Gasteiger partial charge in [-0.25, -0.2) is 15.0 Å². The first-order chi connectivity index (χ1) is 13.7. The molecule has 1 saturated heterocycles. The van der Waals surface area contributed by atoms with Gasteiger partial charge in [0.2, 0.25) is 5.95 Å². The maximum absolute atomic E-state index is 5.34. The molecule has 2 aromatic rings. The predicted octanol–water partition coefficient (Wildman–Crippen LogP) is 2.73. The zero-order chi connectivity index (χ0) is 19.8. The topological polar surface area (TPSA) is 88.1 Å². The Bertz CT molecular complexity index is 778. The molecule has 8 nitrogen and oxygen atoms in total. The number of hydrogen-bond acceptors (Lipinski definition) is 8. The lowest BCUT2D eigenvalue weighted by molar-refractivity contribution is 0.204. The van der Waals surface area contributed by atoms with Crippen molar-refractivity contribution >= 4 is 40.9 Å². The molecule has 1 unspecified atom stereocenters. The third-order valence-corrected chi connectivity index (χ3v) is 5.40.